The molecule has 1 unspecified atom stereocenters. The molecule has 0 fully saturated rings. The number of amides is 2. The lowest BCUT2D eigenvalue weighted by molar-refractivity contribution is -0.123. The van der Waals surface area contributed by atoms with E-state index in [1.165, 1.54) is 13.3 Å². The fourth-order valence-corrected chi connectivity index (χ4v) is 2.15. The van der Waals surface area contributed by atoms with Gasteiger partial charge in [-0.2, -0.15) is 0 Å². The number of nitrogens with zero attached hydrogens (tertiary/aromatic N) is 1. The van der Waals surface area contributed by atoms with Crippen LogP contribution >= 0.6 is 0 Å². The van der Waals surface area contributed by atoms with Crippen LogP contribution in [-0.4, -0.2) is 36.6 Å². The van der Waals surface area contributed by atoms with Gasteiger partial charge < -0.3 is 21.1 Å². The molecule has 2 amide bonds. The summed E-state index contributed by atoms with van der Waals surface area (Å²) in [5, 5.41) is 5.61. The molecule has 7 nitrogen and oxygen atoms in total. The fourth-order valence-electron chi connectivity index (χ4n) is 2.15. The average molecular weight is 342 g/mol. The second-order valence-corrected chi connectivity index (χ2v) is 5.47. The number of nitrogens with one attached hydrogen (secondary N) is 2. The number of aromatic nitrogens is 1. The van der Waals surface area contributed by atoms with Crippen LogP contribution in [0.25, 0.3) is 0 Å². The molecule has 1 heterocycles. The van der Waals surface area contributed by atoms with E-state index in [2.05, 4.69) is 15.6 Å². The summed E-state index contributed by atoms with van der Waals surface area (Å²) < 4.78 is 5.08. The monoisotopic (exact) mass is 342 g/mol. The third kappa shape index (κ3) is 5.98. The van der Waals surface area contributed by atoms with Crippen molar-refractivity contribution in [3.63, 3.8) is 0 Å². The van der Waals surface area contributed by atoms with Crippen molar-refractivity contribution < 1.29 is 14.3 Å². The van der Waals surface area contributed by atoms with Gasteiger partial charge in [0.05, 0.1) is 18.1 Å². The Balaban J connectivity index is 1.83. The Morgan fingerprint density at radius 3 is 2.60 bits per heavy atom. The van der Waals surface area contributed by atoms with Gasteiger partial charge in [-0.3, -0.25) is 14.6 Å². The predicted molar refractivity (Wildman–Crippen MR) is 94.9 cm³/mol. The Hall–Kier alpha value is -2.77. The van der Waals surface area contributed by atoms with E-state index in [9.17, 15) is 9.59 Å². The molecule has 4 N–H and O–H groups in total. The van der Waals surface area contributed by atoms with Gasteiger partial charge in [-0.05, 0) is 29.8 Å². The Bertz CT molecular complexity index is 685. The van der Waals surface area contributed by atoms with E-state index in [1.54, 1.807) is 30.5 Å². The number of rotatable bonds is 8. The first-order valence-electron chi connectivity index (χ1n) is 7.92. The van der Waals surface area contributed by atoms with Crippen LogP contribution in [0.15, 0.2) is 48.8 Å². The van der Waals surface area contributed by atoms with E-state index >= 15 is 0 Å². The number of anilines is 1. The number of pyridine rings is 1. The topological polar surface area (TPSA) is 106 Å². The van der Waals surface area contributed by atoms with Gasteiger partial charge in [0.25, 0.3) is 5.91 Å². The summed E-state index contributed by atoms with van der Waals surface area (Å²) >= 11 is 0. The van der Waals surface area contributed by atoms with E-state index < -0.39 is 0 Å². The second kappa shape index (κ2) is 9.51. The summed E-state index contributed by atoms with van der Waals surface area (Å²) in [4.78, 5) is 27.8. The normalized spacial score (nSPS) is 11.6. The highest BCUT2D eigenvalue weighted by Gasteiger charge is 2.11. The van der Waals surface area contributed by atoms with E-state index in [0.717, 1.165) is 5.56 Å². The van der Waals surface area contributed by atoms with Crippen molar-refractivity contribution in [2.45, 2.75) is 19.1 Å². The maximum atomic E-state index is 12.0. The summed E-state index contributed by atoms with van der Waals surface area (Å²) in [6, 6.07) is 10.7. The van der Waals surface area contributed by atoms with Gasteiger partial charge in [-0.25, -0.2) is 0 Å². The highest BCUT2D eigenvalue weighted by atomic mass is 16.5. The van der Waals surface area contributed by atoms with Crippen molar-refractivity contribution in [2.24, 2.45) is 5.73 Å². The lowest BCUT2D eigenvalue weighted by atomic mass is 10.2. The number of benzene rings is 1. The van der Waals surface area contributed by atoms with Gasteiger partial charge in [0.15, 0.2) is 0 Å². The molecule has 1 aromatic heterocycles. The Morgan fingerprint density at radius 1 is 1.24 bits per heavy atom. The van der Waals surface area contributed by atoms with Crippen LogP contribution in [0.4, 0.5) is 5.69 Å². The molecule has 1 aromatic carbocycles. The SMILES string of the molecule is COC(CN)CC(=O)NCc1ccc(NC(=O)c2cccnc2)cc1. The molecule has 0 spiro atoms. The van der Waals surface area contributed by atoms with Crippen molar-refractivity contribution in [1.82, 2.24) is 10.3 Å². The van der Waals surface area contributed by atoms with Crippen LogP contribution in [0, 0.1) is 0 Å². The number of hydrogen-bond donors (Lipinski definition) is 3. The number of methoxy groups -OCH3 is 1. The van der Waals surface area contributed by atoms with Crippen molar-refractivity contribution in [2.75, 3.05) is 19.0 Å². The molecule has 0 aliphatic carbocycles. The lowest BCUT2D eigenvalue weighted by Crippen LogP contribution is -2.31. The van der Waals surface area contributed by atoms with Gasteiger partial charge in [0.1, 0.15) is 0 Å². The summed E-state index contributed by atoms with van der Waals surface area (Å²) in [6.07, 6.45) is 3.08. The van der Waals surface area contributed by atoms with Crippen LogP contribution in [0.1, 0.15) is 22.3 Å². The molecular weight excluding hydrogens is 320 g/mol. The zero-order valence-electron chi connectivity index (χ0n) is 14.1. The molecule has 2 aromatic rings. The average Bonchev–Trinajstić information content (AvgIpc) is 2.66. The third-order valence-corrected chi connectivity index (χ3v) is 3.63. The van der Waals surface area contributed by atoms with Gasteiger partial charge in [0.2, 0.25) is 5.91 Å². The Kier molecular flexibility index (Phi) is 7.06. The van der Waals surface area contributed by atoms with E-state index in [-0.39, 0.29) is 24.3 Å². The maximum Gasteiger partial charge on any atom is 0.257 e. The molecule has 0 aliphatic rings. The minimum Gasteiger partial charge on any atom is -0.380 e. The molecule has 132 valence electrons. The number of carbonyl (C=O) groups excluding carboxylic acids is 2. The smallest absolute Gasteiger partial charge is 0.257 e. The fraction of sp³-hybridized carbons (Fsp3) is 0.278. The molecule has 25 heavy (non-hydrogen) atoms. The molecule has 0 bridgehead atoms. The minimum absolute atomic E-state index is 0.119. The molecule has 0 saturated carbocycles. The van der Waals surface area contributed by atoms with Gasteiger partial charge in [-0.1, -0.05) is 12.1 Å². The second-order valence-electron chi connectivity index (χ2n) is 5.47. The molecule has 7 heteroatoms. The number of nitrogens with two attached hydrogens (primary N) is 1. The number of carbonyl (C=O) groups is 2. The molecule has 0 aliphatic heterocycles. The summed E-state index contributed by atoms with van der Waals surface area (Å²) in [5.41, 5.74) is 7.58. The number of hydrogen-bond acceptors (Lipinski definition) is 5. The molecule has 1 atom stereocenters. The Morgan fingerprint density at radius 2 is 2.00 bits per heavy atom. The zero-order valence-corrected chi connectivity index (χ0v) is 14.1. The lowest BCUT2D eigenvalue weighted by Gasteiger charge is -2.12. The largest absolute Gasteiger partial charge is 0.380 e. The van der Waals surface area contributed by atoms with Crippen LogP contribution in [0.3, 0.4) is 0 Å². The van der Waals surface area contributed by atoms with Crippen molar-refractivity contribution in [1.29, 1.82) is 0 Å². The first kappa shape index (κ1) is 18.6. The molecular formula is C18H22N4O3. The maximum absolute atomic E-state index is 12.0. The van der Waals surface area contributed by atoms with E-state index in [4.69, 9.17) is 10.5 Å². The van der Waals surface area contributed by atoms with Crippen LogP contribution in [0.5, 0.6) is 0 Å². The first-order chi connectivity index (χ1) is 12.1. The summed E-state index contributed by atoms with van der Waals surface area (Å²) in [7, 11) is 1.53. The Labute approximate surface area is 146 Å². The predicted octanol–water partition coefficient (Wildman–Crippen LogP) is 1.31. The molecule has 0 saturated heterocycles. The van der Waals surface area contributed by atoms with Gasteiger partial charge >= 0.3 is 0 Å². The highest BCUT2D eigenvalue weighted by Crippen LogP contribution is 2.11. The standard InChI is InChI=1S/C18H22N4O3/c1-25-16(10-19)9-17(23)21-11-13-4-6-15(7-5-13)22-18(24)14-3-2-8-20-12-14/h2-8,12,16H,9-11,19H2,1H3,(H,21,23)(H,22,24). The van der Waals surface area contributed by atoms with Crippen molar-refractivity contribution >= 4 is 17.5 Å². The molecule has 2 rings (SSSR count). The summed E-state index contributed by atoms with van der Waals surface area (Å²) in [6.45, 7) is 0.700. The first-order valence-corrected chi connectivity index (χ1v) is 7.92. The van der Waals surface area contributed by atoms with Crippen LogP contribution < -0.4 is 16.4 Å². The zero-order chi connectivity index (χ0) is 18.1. The third-order valence-electron chi connectivity index (χ3n) is 3.63. The highest BCUT2D eigenvalue weighted by molar-refractivity contribution is 6.03. The molecule has 0 radical (unpaired) electrons. The minimum atomic E-state index is -0.273. The summed E-state index contributed by atoms with van der Waals surface area (Å²) in [5.74, 6) is -0.340. The van der Waals surface area contributed by atoms with Crippen LogP contribution in [-0.2, 0) is 16.1 Å². The van der Waals surface area contributed by atoms with Gasteiger partial charge in [0, 0.05) is 38.3 Å². The van der Waals surface area contributed by atoms with Crippen LogP contribution in [0.2, 0.25) is 0 Å². The number of ether oxygens (including phenoxy) is 1. The van der Waals surface area contributed by atoms with Crippen molar-refractivity contribution in [3.8, 4) is 0 Å². The van der Waals surface area contributed by atoms with Crippen molar-refractivity contribution in [3.05, 3.63) is 59.9 Å². The van der Waals surface area contributed by atoms with Gasteiger partial charge in [-0.15, -0.1) is 0 Å². The van der Waals surface area contributed by atoms with E-state index in [1.807, 2.05) is 12.1 Å². The quantitative estimate of drug-likeness (QED) is 0.671. The van der Waals surface area contributed by atoms with E-state index in [0.29, 0.717) is 24.3 Å².